The molecule has 2 aromatic carbocycles. The number of amides is 1. The summed E-state index contributed by atoms with van der Waals surface area (Å²) < 4.78 is 0. The summed E-state index contributed by atoms with van der Waals surface area (Å²) in [5.74, 6) is 0.102. The zero-order valence-corrected chi connectivity index (χ0v) is 15.3. The lowest BCUT2D eigenvalue weighted by molar-refractivity contribution is -0.136. The zero-order chi connectivity index (χ0) is 17.5. The van der Waals surface area contributed by atoms with Crippen LogP contribution in [-0.4, -0.2) is 35.8 Å². The van der Waals surface area contributed by atoms with E-state index in [0.29, 0.717) is 11.6 Å². The lowest BCUT2D eigenvalue weighted by atomic mass is 10.0. The first-order chi connectivity index (χ1) is 11.6. The van der Waals surface area contributed by atoms with Crippen molar-refractivity contribution < 1.29 is 4.79 Å². The molecule has 128 valence electrons. The van der Waals surface area contributed by atoms with Crippen LogP contribution in [0, 0.1) is 0 Å². The number of carbonyl (C=O) groups is 1. The van der Waals surface area contributed by atoms with Crippen LogP contribution in [0.4, 0.5) is 0 Å². The molecule has 0 N–H and O–H groups in total. The van der Waals surface area contributed by atoms with E-state index in [1.807, 2.05) is 61.6 Å². The molecule has 0 aliphatic heterocycles. The number of hydrogen-bond donors (Lipinski definition) is 0. The number of likely N-dealkylation sites (N-methyl/N-ethyl adjacent to an activating group) is 2. The molecule has 0 aliphatic carbocycles. The standard InChI is InChI=1S/C20H25ClN2O/c1-4-23(5-2)19(17-11-7-6-8-12-17)20(24)22(3)15-16-10-9-13-18(21)14-16/h6-14,19H,4-5,15H2,1-3H3. The number of carbonyl (C=O) groups excluding carboxylic acids is 1. The SMILES string of the molecule is CCN(CC)C(C(=O)N(C)Cc1cccc(Cl)c1)c1ccccc1. The molecular formula is C20H25ClN2O. The van der Waals surface area contributed by atoms with Gasteiger partial charge in [0.25, 0.3) is 0 Å². The fourth-order valence-corrected chi connectivity index (χ4v) is 3.14. The number of rotatable bonds is 7. The second-order valence-electron chi connectivity index (χ2n) is 5.86. The molecule has 0 bridgehead atoms. The van der Waals surface area contributed by atoms with E-state index in [1.165, 1.54) is 0 Å². The minimum atomic E-state index is -0.259. The molecular weight excluding hydrogens is 320 g/mol. The fourth-order valence-electron chi connectivity index (χ4n) is 2.93. The molecule has 24 heavy (non-hydrogen) atoms. The highest BCUT2D eigenvalue weighted by Crippen LogP contribution is 2.23. The number of hydrogen-bond acceptors (Lipinski definition) is 2. The van der Waals surface area contributed by atoms with Gasteiger partial charge in [0.15, 0.2) is 0 Å². The molecule has 4 heteroatoms. The third-order valence-electron chi connectivity index (χ3n) is 4.21. The van der Waals surface area contributed by atoms with Gasteiger partial charge < -0.3 is 4.90 Å². The van der Waals surface area contributed by atoms with Gasteiger partial charge in [-0.05, 0) is 36.3 Å². The Morgan fingerprint density at radius 3 is 2.29 bits per heavy atom. The van der Waals surface area contributed by atoms with Crippen LogP contribution in [0.2, 0.25) is 5.02 Å². The van der Waals surface area contributed by atoms with Crippen molar-refractivity contribution in [1.29, 1.82) is 0 Å². The Bertz CT molecular complexity index is 656. The van der Waals surface area contributed by atoms with Crippen LogP contribution in [0.5, 0.6) is 0 Å². The topological polar surface area (TPSA) is 23.6 Å². The average molecular weight is 345 g/mol. The molecule has 0 aromatic heterocycles. The van der Waals surface area contributed by atoms with Crippen LogP contribution in [0.15, 0.2) is 54.6 Å². The van der Waals surface area contributed by atoms with Crippen molar-refractivity contribution in [1.82, 2.24) is 9.80 Å². The van der Waals surface area contributed by atoms with Crippen molar-refractivity contribution in [2.24, 2.45) is 0 Å². The van der Waals surface area contributed by atoms with Crippen LogP contribution in [0.25, 0.3) is 0 Å². The normalized spacial score (nSPS) is 12.2. The van der Waals surface area contributed by atoms with Crippen LogP contribution in [0.3, 0.4) is 0 Å². The van der Waals surface area contributed by atoms with Crippen LogP contribution >= 0.6 is 11.6 Å². The maximum atomic E-state index is 13.1. The molecule has 0 aliphatic rings. The van der Waals surface area contributed by atoms with Gasteiger partial charge in [0.1, 0.15) is 6.04 Å². The number of nitrogens with zero attached hydrogens (tertiary/aromatic N) is 2. The number of benzene rings is 2. The first kappa shape index (κ1) is 18.5. The minimum Gasteiger partial charge on any atom is -0.340 e. The summed E-state index contributed by atoms with van der Waals surface area (Å²) in [6.45, 7) is 6.37. The van der Waals surface area contributed by atoms with Crippen molar-refractivity contribution >= 4 is 17.5 Å². The van der Waals surface area contributed by atoms with E-state index in [2.05, 4.69) is 18.7 Å². The Morgan fingerprint density at radius 2 is 1.71 bits per heavy atom. The fraction of sp³-hybridized carbons (Fsp3) is 0.350. The first-order valence-corrected chi connectivity index (χ1v) is 8.73. The van der Waals surface area contributed by atoms with Crippen molar-refractivity contribution in [3.8, 4) is 0 Å². The Labute approximate surface area is 149 Å². The van der Waals surface area contributed by atoms with E-state index in [9.17, 15) is 4.79 Å². The summed E-state index contributed by atoms with van der Waals surface area (Å²) in [6, 6.07) is 17.4. The maximum Gasteiger partial charge on any atom is 0.244 e. The van der Waals surface area contributed by atoms with E-state index in [-0.39, 0.29) is 11.9 Å². The minimum absolute atomic E-state index is 0.102. The van der Waals surface area contributed by atoms with Gasteiger partial charge in [-0.15, -0.1) is 0 Å². The summed E-state index contributed by atoms with van der Waals surface area (Å²) in [4.78, 5) is 17.1. The molecule has 0 radical (unpaired) electrons. The second-order valence-corrected chi connectivity index (χ2v) is 6.30. The predicted molar refractivity (Wildman–Crippen MR) is 100 cm³/mol. The van der Waals surface area contributed by atoms with Crippen molar-refractivity contribution in [3.63, 3.8) is 0 Å². The third kappa shape index (κ3) is 4.59. The summed E-state index contributed by atoms with van der Waals surface area (Å²) >= 11 is 6.05. The number of halogens is 1. The first-order valence-electron chi connectivity index (χ1n) is 8.35. The molecule has 0 fully saturated rings. The Kier molecular flexibility index (Phi) is 6.83. The molecule has 1 atom stereocenters. The van der Waals surface area contributed by atoms with Crippen LogP contribution < -0.4 is 0 Å². The zero-order valence-electron chi connectivity index (χ0n) is 14.6. The highest BCUT2D eigenvalue weighted by molar-refractivity contribution is 6.30. The second kappa shape index (κ2) is 8.86. The Morgan fingerprint density at radius 1 is 1.04 bits per heavy atom. The molecule has 2 aromatic rings. The van der Waals surface area contributed by atoms with Crippen molar-refractivity contribution in [2.75, 3.05) is 20.1 Å². The molecule has 0 saturated carbocycles. The molecule has 0 saturated heterocycles. The van der Waals surface area contributed by atoms with E-state index in [0.717, 1.165) is 24.2 Å². The third-order valence-corrected chi connectivity index (χ3v) is 4.45. The van der Waals surface area contributed by atoms with E-state index in [1.54, 1.807) is 4.90 Å². The van der Waals surface area contributed by atoms with Gasteiger partial charge in [-0.25, -0.2) is 0 Å². The molecule has 0 spiro atoms. The largest absolute Gasteiger partial charge is 0.340 e. The van der Waals surface area contributed by atoms with E-state index in [4.69, 9.17) is 11.6 Å². The van der Waals surface area contributed by atoms with Gasteiger partial charge in [-0.1, -0.05) is 67.9 Å². The van der Waals surface area contributed by atoms with Gasteiger partial charge >= 0.3 is 0 Å². The van der Waals surface area contributed by atoms with Gasteiger partial charge in [0.2, 0.25) is 5.91 Å². The Balaban J connectivity index is 2.23. The molecule has 0 heterocycles. The van der Waals surface area contributed by atoms with Crippen LogP contribution in [0.1, 0.15) is 31.0 Å². The molecule has 3 nitrogen and oxygen atoms in total. The lowest BCUT2D eigenvalue weighted by Crippen LogP contribution is -2.41. The van der Waals surface area contributed by atoms with Crippen molar-refractivity contribution in [2.45, 2.75) is 26.4 Å². The highest BCUT2D eigenvalue weighted by atomic mass is 35.5. The monoisotopic (exact) mass is 344 g/mol. The molecule has 1 amide bonds. The van der Waals surface area contributed by atoms with Gasteiger partial charge in [0, 0.05) is 18.6 Å². The maximum absolute atomic E-state index is 13.1. The smallest absolute Gasteiger partial charge is 0.244 e. The van der Waals surface area contributed by atoms with E-state index < -0.39 is 0 Å². The summed E-state index contributed by atoms with van der Waals surface area (Å²) in [5.41, 5.74) is 2.06. The molecule has 1 unspecified atom stereocenters. The average Bonchev–Trinajstić information content (AvgIpc) is 2.59. The van der Waals surface area contributed by atoms with Crippen LogP contribution in [-0.2, 0) is 11.3 Å². The lowest BCUT2D eigenvalue weighted by Gasteiger charge is -2.32. The van der Waals surface area contributed by atoms with Gasteiger partial charge in [-0.3, -0.25) is 9.69 Å². The highest BCUT2D eigenvalue weighted by Gasteiger charge is 2.28. The van der Waals surface area contributed by atoms with Gasteiger partial charge in [-0.2, -0.15) is 0 Å². The van der Waals surface area contributed by atoms with E-state index >= 15 is 0 Å². The predicted octanol–water partition coefficient (Wildman–Crippen LogP) is 4.38. The quantitative estimate of drug-likeness (QED) is 0.744. The summed E-state index contributed by atoms with van der Waals surface area (Å²) in [5, 5.41) is 0.691. The van der Waals surface area contributed by atoms with Crippen molar-refractivity contribution in [3.05, 3.63) is 70.7 Å². The van der Waals surface area contributed by atoms with Gasteiger partial charge in [0.05, 0.1) is 0 Å². The molecule has 2 rings (SSSR count). The summed E-state index contributed by atoms with van der Waals surface area (Å²) in [7, 11) is 1.85. The Hall–Kier alpha value is -1.84. The summed E-state index contributed by atoms with van der Waals surface area (Å²) in [6.07, 6.45) is 0.